The second kappa shape index (κ2) is 7.28. The Hall–Kier alpha value is -1.98. The second-order valence-corrected chi connectivity index (χ2v) is 6.91. The van der Waals surface area contributed by atoms with Crippen molar-refractivity contribution in [1.29, 1.82) is 0 Å². The van der Waals surface area contributed by atoms with E-state index in [0.29, 0.717) is 12.6 Å². The molecule has 2 heterocycles. The second-order valence-electron chi connectivity index (χ2n) is 6.91. The molecule has 0 radical (unpaired) electrons. The molecule has 2 aromatic rings. The lowest BCUT2D eigenvalue weighted by Gasteiger charge is -2.33. The number of aromatic nitrogens is 2. The van der Waals surface area contributed by atoms with Crippen molar-refractivity contribution in [2.75, 3.05) is 31.6 Å². The molecular formula is C19H26N4O. The van der Waals surface area contributed by atoms with Gasteiger partial charge in [-0.2, -0.15) is 5.10 Å². The zero-order chi connectivity index (χ0) is 17.0. The van der Waals surface area contributed by atoms with Crippen LogP contribution in [0.1, 0.15) is 25.3 Å². The summed E-state index contributed by atoms with van der Waals surface area (Å²) in [6, 6.07) is 14.2. The van der Waals surface area contributed by atoms with Crippen molar-refractivity contribution in [3.63, 3.8) is 0 Å². The summed E-state index contributed by atoms with van der Waals surface area (Å²) in [5.74, 6) is 0.947. The Kier molecular flexibility index (Phi) is 5.11. The summed E-state index contributed by atoms with van der Waals surface area (Å²) in [5, 5.41) is 19.1. The summed E-state index contributed by atoms with van der Waals surface area (Å²) in [6.07, 6.45) is 4.02. The molecule has 3 rings (SSSR count). The van der Waals surface area contributed by atoms with Gasteiger partial charge in [0, 0.05) is 31.9 Å². The molecule has 0 bridgehead atoms. The van der Waals surface area contributed by atoms with E-state index in [2.05, 4.69) is 27.0 Å². The average molecular weight is 326 g/mol. The van der Waals surface area contributed by atoms with Crippen molar-refractivity contribution < 1.29 is 5.11 Å². The highest BCUT2D eigenvalue weighted by Crippen LogP contribution is 2.25. The minimum atomic E-state index is -0.855. The minimum Gasteiger partial charge on any atom is -0.384 e. The maximum absolute atomic E-state index is 10.8. The Balaban J connectivity index is 1.63. The van der Waals surface area contributed by atoms with Gasteiger partial charge < -0.3 is 14.9 Å². The molecule has 0 amide bonds. The molecular weight excluding hydrogens is 300 g/mol. The average Bonchev–Trinajstić information content (AvgIpc) is 3.04. The van der Waals surface area contributed by atoms with E-state index in [-0.39, 0.29) is 0 Å². The number of nitrogens with zero attached hydrogens (tertiary/aromatic N) is 4. The highest BCUT2D eigenvalue weighted by Gasteiger charge is 2.30. The number of aliphatic hydroxyl groups is 1. The van der Waals surface area contributed by atoms with Crippen LogP contribution in [0, 0.1) is 0 Å². The standard InChI is InChI=1S/C19H26N4O/c1-19(24,16-8-4-3-5-9-16)15-22(2)14-17-10-7-13-23(17)18-11-6-12-20-21-18/h3-6,8-9,11-12,17,24H,7,10,13-15H2,1-2H3/t17-,19-/m0/s1. The van der Waals surface area contributed by atoms with Crippen LogP contribution in [0.2, 0.25) is 0 Å². The summed E-state index contributed by atoms with van der Waals surface area (Å²) < 4.78 is 0. The zero-order valence-electron chi connectivity index (χ0n) is 14.5. The highest BCUT2D eigenvalue weighted by molar-refractivity contribution is 5.39. The summed E-state index contributed by atoms with van der Waals surface area (Å²) in [5.41, 5.74) is 0.0977. The maximum atomic E-state index is 10.8. The van der Waals surface area contributed by atoms with Crippen LogP contribution in [0.5, 0.6) is 0 Å². The number of hydrogen-bond acceptors (Lipinski definition) is 5. The molecule has 1 aliphatic heterocycles. The first-order chi connectivity index (χ1) is 11.6. The third kappa shape index (κ3) is 3.91. The largest absolute Gasteiger partial charge is 0.384 e. The van der Waals surface area contributed by atoms with Crippen molar-refractivity contribution in [2.24, 2.45) is 0 Å². The van der Waals surface area contributed by atoms with Gasteiger partial charge in [0.15, 0.2) is 5.82 Å². The SMILES string of the molecule is CN(C[C@@H]1CCCN1c1cccnn1)C[C@](C)(O)c1ccccc1. The molecule has 2 atom stereocenters. The minimum absolute atomic E-state index is 0.415. The first-order valence-corrected chi connectivity index (χ1v) is 8.57. The molecule has 1 N–H and O–H groups in total. The smallest absolute Gasteiger partial charge is 0.151 e. The maximum Gasteiger partial charge on any atom is 0.151 e. The quantitative estimate of drug-likeness (QED) is 0.883. The van der Waals surface area contributed by atoms with Gasteiger partial charge in [0.2, 0.25) is 0 Å². The normalized spacial score (nSPS) is 20.3. The first kappa shape index (κ1) is 16.9. The third-order valence-electron chi connectivity index (χ3n) is 4.73. The lowest BCUT2D eigenvalue weighted by Crippen LogP contribution is -2.44. The van der Waals surface area contributed by atoms with Gasteiger partial charge in [-0.05, 0) is 44.5 Å². The molecule has 0 aliphatic carbocycles. The van der Waals surface area contributed by atoms with E-state index in [4.69, 9.17) is 0 Å². The van der Waals surface area contributed by atoms with Gasteiger partial charge in [0.05, 0.1) is 5.60 Å². The summed E-state index contributed by atoms with van der Waals surface area (Å²) in [4.78, 5) is 4.55. The van der Waals surface area contributed by atoms with E-state index in [9.17, 15) is 5.11 Å². The molecule has 1 aromatic heterocycles. The Labute approximate surface area is 143 Å². The van der Waals surface area contributed by atoms with E-state index in [1.165, 1.54) is 6.42 Å². The van der Waals surface area contributed by atoms with Crippen LogP contribution in [0.15, 0.2) is 48.7 Å². The predicted molar refractivity (Wildman–Crippen MR) is 95.9 cm³/mol. The van der Waals surface area contributed by atoms with E-state index in [1.807, 2.05) is 49.4 Å². The monoisotopic (exact) mass is 326 g/mol. The van der Waals surface area contributed by atoms with Crippen LogP contribution in [0.25, 0.3) is 0 Å². The van der Waals surface area contributed by atoms with Gasteiger partial charge in [-0.1, -0.05) is 30.3 Å². The number of anilines is 1. The molecule has 24 heavy (non-hydrogen) atoms. The molecule has 0 saturated carbocycles. The van der Waals surface area contributed by atoms with Crippen molar-refractivity contribution in [3.05, 3.63) is 54.2 Å². The highest BCUT2D eigenvalue weighted by atomic mass is 16.3. The number of likely N-dealkylation sites (N-methyl/N-ethyl adjacent to an activating group) is 1. The molecule has 1 fully saturated rings. The van der Waals surface area contributed by atoms with Crippen LogP contribution < -0.4 is 4.90 Å². The Bertz CT molecular complexity index is 632. The van der Waals surface area contributed by atoms with Crippen LogP contribution in [-0.2, 0) is 5.60 Å². The molecule has 128 valence electrons. The van der Waals surface area contributed by atoms with Crippen LogP contribution in [0.3, 0.4) is 0 Å². The van der Waals surface area contributed by atoms with E-state index in [0.717, 1.165) is 30.9 Å². The molecule has 0 unspecified atom stereocenters. The summed E-state index contributed by atoms with van der Waals surface area (Å²) in [6.45, 7) is 4.40. The van der Waals surface area contributed by atoms with E-state index < -0.39 is 5.60 Å². The fourth-order valence-corrected chi connectivity index (χ4v) is 3.61. The van der Waals surface area contributed by atoms with Crippen molar-refractivity contribution in [2.45, 2.75) is 31.4 Å². The number of benzene rings is 1. The fourth-order valence-electron chi connectivity index (χ4n) is 3.61. The lowest BCUT2D eigenvalue weighted by molar-refractivity contribution is 0.0222. The Morgan fingerprint density at radius 2 is 2.04 bits per heavy atom. The van der Waals surface area contributed by atoms with Gasteiger partial charge >= 0.3 is 0 Å². The molecule has 5 heteroatoms. The van der Waals surface area contributed by atoms with Crippen LogP contribution in [0.4, 0.5) is 5.82 Å². The van der Waals surface area contributed by atoms with Gasteiger partial charge in [0.25, 0.3) is 0 Å². The number of rotatable bonds is 6. The van der Waals surface area contributed by atoms with E-state index >= 15 is 0 Å². The van der Waals surface area contributed by atoms with Gasteiger partial charge in [-0.3, -0.25) is 0 Å². The molecule has 1 aliphatic rings. The van der Waals surface area contributed by atoms with Crippen molar-refractivity contribution in [1.82, 2.24) is 15.1 Å². The summed E-state index contributed by atoms with van der Waals surface area (Å²) >= 11 is 0. The fraction of sp³-hybridized carbons (Fsp3) is 0.474. The summed E-state index contributed by atoms with van der Waals surface area (Å²) in [7, 11) is 2.07. The van der Waals surface area contributed by atoms with Gasteiger partial charge in [-0.15, -0.1) is 5.10 Å². The van der Waals surface area contributed by atoms with Gasteiger partial charge in [-0.25, -0.2) is 0 Å². The zero-order valence-corrected chi connectivity index (χ0v) is 14.5. The van der Waals surface area contributed by atoms with Crippen LogP contribution >= 0.6 is 0 Å². The van der Waals surface area contributed by atoms with Crippen molar-refractivity contribution in [3.8, 4) is 0 Å². The lowest BCUT2D eigenvalue weighted by atomic mass is 9.95. The predicted octanol–water partition coefficient (Wildman–Crippen LogP) is 2.28. The van der Waals surface area contributed by atoms with Crippen molar-refractivity contribution >= 4 is 5.82 Å². The third-order valence-corrected chi connectivity index (χ3v) is 4.73. The van der Waals surface area contributed by atoms with E-state index in [1.54, 1.807) is 6.20 Å². The van der Waals surface area contributed by atoms with Gasteiger partial charge in [0.1, 0.15) is 0 Å². The molecule has 1 saturated heterocycles. The Morgan fingerprint density at radius 1 is 1.25 bits per heavy atom. The Morgan fingerprint density at radius 3 is 2.75 bits per heavy atom. The first-order valence-electron chi connectivity index (χ1n) is 8.57. The number of hydrogen-bond donors (Lipinski definition) is 1. The molecule has 0 spiro atoms. The van der Waals surface area contributed by atoms with Crippen LogP contribution in [-0.4, -0.2) is 52.9 Å². The molecule has 1 aromatic carbocycles. The topological polar surface area (TPSA) is 52.5 Å². The molecule has 5 nitrogen and oxygen atoms in total.